The Kier molecular flexibility index (Phi) is 3.73. The Bertz CT molecular complexity index is 804. The van der Waals surface area contributed by atoms with Crippen molar-refractivity contribution in [3.63, 3.8) is 0 Å². The normalized spacial score (nSPS) is 31.4. The van der Waals surface area contributed by atoms with Crippen LogP contribution in [0, 0.1) is 5.92 Å². The van der Waals surface area contributed by atoms with Gasteiger partial charge in [0.2, 0.25) is 0 Å². The van der Waals surface area contributed by atoms with Crippen LogP contribution in [0.4, 0.5) is 0 Å². The first-order valence-electron chi connectivity index (χ1n) is 9.48. The predicted octanol–water partition coefficient (Wildman–Crippen LogP) is 3.39. The molecule has 25 heavy (non-hydrogen) atoms. The monoisotopic (exact) mass is 355 g/mol. The molecule has 0 amide bonds. The highest BCUT2D eigenvalue weighted by Gasteiger charge is 2.53. The molecule has 2 fully saturated rings. The first-order valence-corrected chi connectivity index (χ1v) is 10.3. The SMILES string of the molecule is CN1CC[C@@]23CCCCC2[C@@H]1Cc1ccc(-c2nnc(CO)s2)cc13. The van der Waals surface area contributed by atoms with Crippen LogP contribution in [-0.4, -0.2) is 39.8 Å². The van der Waals surface area contributed by atoms with Gasteiger partial charge in [-0.3, -0.25) is 0 Å². The lowest BCUT2D eigenvalue weighted by Crippen LogP contribution is -2.59. The summed E-state index contributed by atoms with van der Waals surface area (Å²) in [6, 6.07) is 7.67. The molecule has 0 spiro atoms. The molecule has 4 nitrogen and oxygen atoms in total. The summed E-state index contributed by atoms with van der Waals surface area (Å²) in [6.07, 6.45) is 7.96. The summed E-state index contributed by atoms with van der Waals surface area (Å²) in [5.74, 6) is 0.810. The average Bonchev–Trinajstić information content (AvgIpc) is 3.14. The molecule has 2 heterocycles. The van der Waals surface area contributed by atoms with E-state index in [2.05, 4.69) is 40.3 Å². The van der Waals surface area contributed by atoms with Crippen LogP contribution in [0.1, 0.15) is 48.2 Å². The fourth-order valence-corrected chi connectivity index (χ4v) is 6.46. The summed E-state index contributed by atoms with van der Waals surface area (Å²) in [5, 5.41) is 19.3. The van der Waals surface area contributed by atoms with Crippen molar-refractivity contribution in [3.05, 3.63) is 34.3 Å². The van der Waals surface area contributed by atoms with Gasteiger partial charge in [0.05, 0.1) is 6.61 Å². The minimum absolute atomic E-state index is 0.0252. The van der Waals surface area contributed by atoms with Gasteiger partial charge in [0, 0.05) is 17.0 Å². The first-order chi connectivity index (χ1) is 12.2. The Morgan fingerprint density at radius 3 is 3.04 bits per heavy atom. The number of likely N-dealkylation sites (N-methyl/N-ethyl adjacent to an activating group) is 1. The maximum atomic E-state index is 9.29. The Morgan fingerprint density at radius 2 is 2.20 bits per heavy atom. The first kappa shape index (κ1) is 15.9. The zero-order chi connectivity index (χ0) is 17.0. The van der Waals surface area contributed by atoms with E-state index in [0.717, 1.165) is 17.0 Å². The van der Waals surface area contributed by atoms with E-state index < -0.39 is 0 Å². The molecule has 1 aliphatic heterocycles. The zero-order valence-corrected chi connectivity index (χ0v) is 15.6. The summed E-state index contributed by atoms with van der Waals surface area (Å²) < 4.78 is 0. The fraction of sp³-hybridized carbons (Fsp3) is 0.600. The van der Waals surface area contributed by atoms with Gasteiger partial charge in [-0.1, -0.05) is 36.3 Å². The number of aromatic nitrogens is 2. The molecule has 1 aromatic heterocycles. The van der Waals surface area contributed by atoms with Gasteiger partial charge < -0.3 is 10.0 Å². The molecule has 3 atom stereocenters. The van der Waals surface area contributed by atoms with Crippen LogP contribution < -0.4 is 0 Å². The third kappa shape index (κ3) is 2.32. The topological polar surface area (TPSA) is 49.2 Å². The van der Waals surface area contributed by atoms with Crippen LogP contribution in [0.2, 0.25) is 0 Å². The summed E-state index contributed by atoms with van der Waals surface area (Å²) in [7, 11) is 2.32. The van der Waals surface area contributed by atoms with Crippen LogP contribution in [0.25, 0.3) is 10.6 Å². The number of piperidine rings is 1. The molecule has 1 saturated carbocycles. The van der Waals surface area contributed by atoms with Gasteiger partial charge in [-0.25, -0.2) is 0 Å². The van der Waals surface area contributed by atoms with Crippen molar-refractivity contribution < 1.29 is 5.11 Å². The quantitative estimate of drug-likeness (QED) is 0.897. The molecule has 132 valence electrons. The van der Waals surface area contributed by atoms with Crippen molar-refractivity contribution in [1.82, 2.24) is 15.1 Å². The molecule has 0 radical (unpaired) electrons. The molecule has 5 heteroatoms. The molecule has 2 aromatic rings. The number of hydrogen-bond acceptors (Lipinski definition) is 5. The largest absolute Gasteiger partial charge is 0.389 e. The highest BCUT2D eigenvalue weighted by molar-refractivity contribution is 7.14. The highest BCUT2D eigenvalue weighted by atomic mass is 32.1. The van der Waals surface area contributed by atoms with Crippen molar-refractivity contribution in [1.29, 1.82) is 0 Å². The minimum Gasteiger partial charge on any atom is -0.389 e. The van der Waals surface area contributed by atoms with E-state index in [1.54, 1.807) is 11.1 Å². The molecule has 5 rings (SSSR count). The number of fused-ring (bicyclic) bond motifs is 1. The average molecular weight is 356 g/mol. The molecule has 2 bridgehead atoms. The van der Waals surface area contributed by atoms with Crippen molar-refractivity contribution >= 4 is 11.3 Å². The lowest BCUT2D eigenvalue weighted by atomic mass is 9.52. The van der Waals surface area contributed by atoms with Crippen LogP contribution in [0.5, 0.6) is 0 Å². The Labute approximate surface area is 152 Å². The van der Waals surface area contributed by atoms with Crippen LogP contribution in [0.15, 0.2) is 18.2 Å². The smallest absolute Gasteiger partial charge is 0.147 e. The predicted molar refractivity (Wildman–Crippen MR) is 99.6 cm³/mol. The van der Waals surface area contributed by atoms with Crippen molar-refractivity contribution in [2.24, 2.45) is 5.92 Å². The van der Waals surface area contributed by atoms with Crippen LogP contribution in [0.3, 0.4) is 0 Å². The van der Waals surface area contributed by atoms with E-state index in [9.17, 15) is 5.11 Å². The third-order valence-electron chi connectivity index (χ3n) is 6.96. The van der Waals surface area contributed by atoms with E-state index in [1.807, 2.05) is 0 Å². The molecule has 1 saturated heterocycles. The van der Waals surface area contributed by atoms with E-state index >= 15 is 0 Å². The molecule has 1 aromatic carbocycles. The van der Waals surface area contributed by atoms with E-state index in [4.69, 9.17) is 0 Å². The van der Waals surface area contributed by atoms with E-state index in [-0.39, 0.29) is 6.61 Å². The lowest BCUT2D eigenvalue weighted by molar-refractivity contribution is 0.00290. The number of aliphatic hydroxyl groups is 1. The van der Waals surface area contributed by atoms with Crippen molar-refractivity contribution in [2.45, 2.75) is 56.6 Å². The lowest BCUT2D eigenvalue weighted by Gasteiger charge is -2.58. The van der Waals surface area contributed by atoms with E-state index in [1.165, 1.54) is 62.0 Å². The van der Waals surface area contributed by atoms with Gasteiger partial charge in [0.25, 0.3) is 0 Å². The van der Waals surface area contributed by atoms with Gasteiger partial charge in [0.1, 0.15) is 10.0 Å². The zero-order valence-electron chi connectivity index (χ0n) is 14.7. The highest BCUT2D eigenvalue weighted by Crippen LogP contribution is 2.55. The molecule has 2 aliphatic carbocycles. The number of benzene rings is 1. The second kappa shape index (κ2) is 5.86. The van der Waals surface area contributed by atoms with Gasteiger partial charge in [0.15, 0.2) is 0 Å². The number of nitrogens with zero attached hydrogens (tertiary/aromatic N) is 3. The second-order valence-corrected chi connectivity index (χ2v) is 9.10. The third-order valence-corrected chi connectivity index (χ3v) is 7.92. The van der Waals surface area contributed by atoms with Crippen LogP contribution >= 0.6 is 11.3 Å². The van der Waals surface area contributed by atoms with Crippen molar-refractivity contribution in [2.75, 3.05) is 13.6 Å². The van der Waals surface area contributed by atoms with Gasteiger partial charge >= 0.3 is 0 Å². The Balaban J connectivity index is 1.63. The molecule has 1 unspecified atom stereocenters. The molecule has 1 N–H and O–H groups in total. The Morgan fingerprint density at radius 1 is 1.28 bits per heavy atom. The summed E-state index contributed by atoms with van der Waals surface area (Å²) in [4.78, 5) is 2.61. The maximum Gasteiger partial charge on any atom is 0.147 e. The van der Waals surface area contributed by atoms with Gasteiger partial charge in [-0.2, -0.15) is 0 Å². The van der Waals surface area contributed by atoms with Crippen LogP contribution in [-0.2, 0) is 18.4 Å². The minimum atomic E-state index is -0.0252. The number of hydrogen-bond donors (Lipinski definition) is 1. The summed E-state index contributed by atoms with van der Waals surface area (Å²) in [6.45, 7) is 1.20. The maximum absolute atomic E-state index is 9.29. The molecule has 3 aliphatic rings. The summed E-state index contributed by atoms with van der Waals surface area (Å²) >= 11 is 1.51. The Hall–Kier alpha value is -1.30. The standard InChI is InChI=1S/C20H25N3OS/c1-23-9-8-20-7-3-2-4-15(20)17(23)11-13-5-6-14(10-16(13)20)19-22-21-18(12-24)25-19/h5-6,10,15,17,24H,2-4,7-9,11-12H2,1H3/t15?,17-,20-/m0/s1. The number of likely N-dealkylation sites (tertiary alicyclic amines) is 1. The molecular formula is C20H25N3OS. The van der Waals surface area contributed by atoms with E-state index in [0.29, 0.717) is 10.4 Å². The second-order valence-electron chi connectivity index (χ2n) is 8.04. The number of rotatable bonds is 2. The fourth-order valence-electron chi connectivity index (χ4n) is 5.76. The summed E-state index contributed by atoms with van der Waals surface area (Å²) in [5.41, 5.74) is 4.70. The molecular weight excluding hydrogens is 330 g/mol. The van der Waals surface area contributed by atoms with Gasteiger partial charge in [-0.15, -0.1) is 10.2 Å². The van der Waals surface area contributed by atoms with Gasteiger partial charge in [-0.05, 0) is 62.4 Å². The van der Waals surface area contributed by atoms with Crippen molar-refractivity contribution in [3.8, 4) is 10.6 Å². The number of aliphatic hydroxyl groups excluding tert-OH is 1.